The number of carbonyl (C=O) groups excluding carboxylic acids is 1. The number of carbonyl (C=O) groups is 2. The average Bonchev–Trinajstić information content (AvgIpc) is 2.89. The predicted molar refractivity (Wildman–Crippen MR) is 76.0 cm³/mol. The SMILES string of the molecule is CC1CCn2ncc(C(=O)N3CCCCC3C(=O)O)c2C1. The number of carboxylic acid groups (broad SMARTS) is 1. The van der Waals surface area contributed by atoms with Gasteiger partial charge >= 0.3 is 5.97 Å². The van der Waals surface area contributed by atoms with Gasteiger partial charge < -0.3 is 10.0 Å². The molecule has 0 aromatic carbocycles. The van der Waals surface area contributed by atoms with E-state index in [4.69, 9.17) is 0 Å². The number of aromatic nitrogens is 2. The molecule has 2 atom stereocenters. The van der Waals surface area contributed by atoms with E-state index in [1.807, 2.05) is 4.68 Å². The molecule has 0 aliphatic carbocycles. The van der Waals surface area contributed by atoms with Crippen molar-refractivity contribution in [2.75, 3.05) is 6.54 Å². The largest absolute Gasteiger partial charge is 0.480 e. The van der Waals surface area contributed by atoms with Gasteiger partial charge in [0.05, 0.1) is 17.5 Å². The van der Waals surface area contributed by atoms with Gasteiger partial charge in [-0.25, -0.2) is 4.79 Å². The topological polar surface area (TPSA) is 75.4 Å². The summed E-state index contributed by atoms with van der Waals surface area (Å²) < 4.78 is 1.90. The minimum Gasteiger partial charge on any atom is -0.480 e. The maximum absolute atomic E-state index is 12.8. The molecular formula is C15H21N3O3. The van der Waals surface area contributed by atoms with Crippen LogP contribution in [0.1, 0.15) is 48.7 Å². The number of hydrogen-bond acceptors (Lipinski definition) is 3. The van der Waals surface area contributed by atoms with Crippen molar-refractivity contribution in [1.29, 1.82) is 0 Å². The number of aryl methyl sites for hydroxylation is 1. The van der Waals surface area contributed by atoms with Crippen molar-refractivity contribution >= 4 is 11.9 Å². The third kappa shape index (κ3) is 2.54. The summed E-state index contributed by atoms with van der Waals surface area (Å²) in [6, 6.07) is -0.692. The van der Waals surface area contributed by atoms with Crippen LogP contribution in [0.3, 0.4) is 0 Å². The van der Waals surface area contributed by atoms with Crippen LogP contribution in [0.2, 0.25) is 0 Å². The molecule has 2 aliphatic rings. The standard InChI is InChI=1S/C15H21N3O3/c1-10-5-7-18-13(8-10)11(9-16-18)14(19)17-6-3-2-4-12(17)15(20)21/h9-10,12H,2-8H2,1H3,(H,20,21). The van der Waals surface area contributed by atoms with Crippen LogP contribution in [-0.4, -0.2) is 44.3 Å². The van der Waals surface area contributed by atoms with Gasteiger partial charge in [0.15, 0.2) is 0 Å². The molecule has 114 valence electrons. The Labute approximate surface area is 123 Å². The highest BCUT2D eigenvalue weighted by atomic mass is 16.4. The monoisotopic (exact) mass is 291 g/mol. The number of amides is 1. The quantitative estimate of drug-likeness (QED) is 0.897. The van der Waals surface area contributed by atoms with Gasteiger partial charge in [-0.3, -0.25) is 9.48 Å². The first-order valence-electron chi connectivity index (χ1n) is 7.66. The van der Waals surface area contributed by atoms with Crippen molar-refractivity contribution in [3.63, 3.8) is 0 Å². The summed E-state index contributed by atoms with van der Waals surface area (Å²) in [5, 5.41) is 13.6. The molecular weight excluding hydrogens is 270 g/mol. The molecule has 1 amide bonds. The zero-order valence-corrected chi connectivity index (χ0v) is 12.3. The summed E-state index contributed by atoms with van der Waals surface area (Å²) in [6.45, 7) is 3.54. The van der Waals surface area contributed by atoms with Gasteiger partial charge in [-0.1, -0.05) is 6.92 Å². The normalized spacial score (nSPS) is 25.5. The molecule has 1 saturated heterocycles. The Morgan fingerprint density at radius 1 is 1.29 bits per heavy atom. The molecule has 0 spiro atoms. The number of aliphatic carboxylic acids is 1. The second-order valence-electron chi connectivity index (χ2n) is 6.17. The first-order valence-corrected chi connectivity index (χ1v) is 7.66. The van der Waals surface area contributed by atoms with Gasteiger partial charge in [-0.2, -0.15) is 5.10 Å². The predicted octanol–water partition coefficient (Wildman–Crippen LogP) is 1.54. The van der Waals surface area contributed by atoms with Gasteiger partial charge in [0.1, 0.15) is 6.04 Å². The number of nitrogens with zero attached hydrogens (tertiary/aromatic N) is 3. The lowest BCUT2D eigenvalue weighted by atomic mass is 9.95. The third-order valence-electron chi connectivity index (χ3n) is 4.60. The fourth-order valence-corrected chi connectivity index (χ4v) is 3.36. The molecule has 1 fully saturated rings. The molecule has 2 aliphatic heterocycles. The van der Waals surface area contributed by atoms with Crippen LogP contribution in [0.4, 0.5) is 0 Å². The van der Waals surface area contributed by atoms with Crippen molar-refractivity contribution in [3.8, 4) is 0 Å². The first kappa shape index (κ1) is 14.1. The van der Waals surface area contributed by atoms with Gasteiger partial charge in [0.25, 0.3) is 5.91 Å². The lowest BCUT2D eigenvalue weighted by molar-refractivity contribution is -0.143. The number of piperidine rings is 1. The molecule has 6 heteroatoms. The van der Waals surface area contributed by atoms with E-state index in [0.29, 0.717) is 24.4 Å². The van der Waals surface area contributed by atoms with E-state index in [1.165, 1.54) is 4.90 Å². The van der Waals surface area contributed by atoms with E-state index in [2.05, 4.69) is 12.0 Å². The third-order valence-corrected chi connectivity index (χ3v) is 4.60. The molecule has 21 heavy (non-hydrogen) atoms. The van der Waals surface area contributed by atoms with E-state index < -0.39 is 12.0 Å². The Kier molecular flexibility index (Phi) is 3.69. The van der Waals surface area contributed by atoms with E-state index in [1.54, 1.807) is 6.20 Å². The molecule has 2 unspecified atom stereocenters. The first-order chi connectivity index (χ1) is 10.1. The van der Waals surface area contributed by atoms with Crippen molar-refractivity contribution < 1.29 is 14.7 Å². The zero-order valence-electron chi connectivity index (χ0n) is 12.3. The van der Waals surface area contributed by atoms with E-state index in [-0.39, 0.29) is 5.91 Å². The molecule has 0 saturated carbocycles. The highest BCUT2D eigenvalue weighted by molar-refractivity contribution is 5.97. The van der Waals surface area contributed by atoms with Crippen LogP contribution in [0.5, 0.6) is 0 Å². The highest BCUT2D eigenvalue weighted by Crippen LogP contribution is 2.26. The molecule has 0 bridgehead atoms. The van der Waals surface area contributed by atoms with Gasteiger partial charge in [-0.05, 0) is 38.0 Å². The maximum atomic E-state index is 12.8. The molecule has 1 aromatic rings. The van der Waals surface area contributed by atoms with Crippen molar-refractivity contribution in [2.24, 2.45) is 5.92 Å². The van der Waals surface area contributed by atoms with Gasteiger partial charge in [0.2, 0.25) is 0 Å². The number of likely N-dealkylation sites (tertiary alicyclic amines) is 1. The van der Waals surface area contributed by atoms with Gasteiger partial charge in [0, 0.05) is 13.1 Å². The average molecular weight is 291 g/mol. The van der Waals surface area contributed by atoms with E-state index in [0.717, 1.165) is 37.9 Å². The molecule has 3 heterocycles. The van der Waals surface area contributed by atoms with Crippen molar-refractivity contribution in [1.82, 2.24) is 14.7 Å². The number of fused-ring (bicyclic) bond motifs is 1. The van der Waals surface area contributed by atoms with Crippen molar-refractivity contribution in [2.45, 2.75) is 51.6 Å². The van der Waals surface area contributed by atoms with Crippen LogP contribution >= 0.6 is 0 Å². The molecule has 1 aromatic heterocycles. The lowest BCUT2D eigenvalue weighted by Gasteiger charge is -2.33. The Morgan fingerprint density at radius 3 is 2.86 bits per heavy atom. The Morgan fingerprint density at radius 2 is 2.10 bits per heavy atom. The zero-order chi connectivity index (χ0) is 15.0. The van der Waals surface area contributed by atoms with Gasteiger partial charge in [-0.15, -0.1) is 0 Å². The minimum absolute atomic E-state index is 0.169. The Hall–Kier alpha value is -1.85. The van der Waals surface area contributed by atoms with Crippen molar-refractivity contribution in [3.05, 3.63) is 17.5 Å². The van der Waals surface area contributed by atoms with Crippen LogP contribution in [0, 0.1) is 5.92 Å². The second-order valence-corrected chi connectivity index (χ2v) is 6.17. The number of hydrogen-bond donors (Lipinski definition) is 1. The van der Waals surface area contributed by atoms with Crippen LogP contribution < -0.4 is 0 Å². The summed E-state index contributed by atoms with van der Waals surface area (Å²) in [7, 11) is 0. The lowest BCUT2D eigenvalue weighted by Crippen LogP contribution is -2.48. The Balaban J connectivity index is 1.88. The summed E-state index contributed by atoms with van der Waals surface area (Å²) in [5.41, 5.74) is 1.56. The van der Waals surface area contributed by atoms with E-state index in [9.17, 15) is 14.7 Å². The van der Waals surface area contributed by atoms with Crippen LogP contribution in [0.25, 0.3) is 0 Å². The highest BCUT2D eigenvalue weighted by Gasteiger charge is 2.34. The van der Waals surface area contributed by atoms with Crippen LogP contribution in [-0.2, 0) is 17.8 Å². The fraction of sp³-hybridized carbons (Fsp3) is 0.667. The number of carboxylic acids is 1. The smallest absolute Gasteiger partial charge is 0.326 e. The maximum Gasteiger partial charge on any atom is 0.326 e. The summed E-state index contributed by atoms with van der Waals surface area (Å²) in [6.07, 6.45) is 5.81. The summed E-state index contributed by atoms with van der Waals surface area (Å²) in [4.78, 5) is 25.6. The fourth-order valence-electron chi connectivity index (χ4n) is 3.36. The summed E-state index contributed by atoms with van der Waals surface area (Å²) in [5.74, 6) is -0.535. The molecule has 1 N–H and O–H groups in total. The molecule has 3 rings (SSSR count). The Bertz CT molecular complexity index is 567. The second kappa shape index (κ2) is 5.50. The number of rotatable bonds is 2. The van der Waals surface area contributed by atoms with E-state index >= 15 is 0 Å². The molecule has 0 radical (unpaired) electrons. The minimum atomic E-state index is -0.905. The molecule has 6 nitrogen and oxygen atoms in total. The van der Waals surface area contributed by atoms with Crippen LogP contribution in [0.15, 0.2) is 6.20 Å². The summed E-state index contributed by atoms with van der Waals surface area (Å²) >= 11 is 0.